The van der Waals surface area contributed by atoms with Gasteiger partial charge in [-0.1, -0.05) is 17.7 Å². The van der Waals surface area contributed by atoms with Crippen molar-refractivity contribution in [1.82, 2.24) is 4.90 Å². The topological polar surface area (TPSA) is 15.3 Å². The molecular formula is C16H17ClN2S2. The van der Waals surface area contributed by atoms with Crippen LogP contribution in [0.15, 0.2) is 35.7 Å². The van der Waals surface area contributed by atoms with Crippen molar-refractivity contribution in [1.29, 1.82) is 0 Å². The Morgan fingerprint density at radius 3 is 2.86 bits per heavy atom. The summed E-state index contributed by atoms with van der Waals surface area (Å²) < 4.78 is 0. The van der Waals surface area contributed by atoms with Crippen LogP contribution < -0.4 is 5.32 Å². The molecule has 1 saturated carbocycles. The average Bonchev–Trinajstić information content (AvgIpc) is 3.16. The fraction of sp³-hybridized carbons (Fsp3) is 0.312. The number of nitrogens with zero attached hydrogens (tertiary/aromatic N) is 1. The Labute approximate surface area is 139 Å². The van der Waals surface area contributed by atoms with E-state index in [1.165, 1.54) is 17.7 Å². The van der Waals surface area contributed by atoms with Crippen molar-refractivity contribution in [3.63, 3.8) is 0 Å². The summed E-state index contributed by atoms with van der Waals surface area (Å²) in [4.78, 5) is 3.65. The predicted octanol–water partition coefficient (Wildman–Crippen LogP) is 5.07. The van der Waals surface area contributed by atoms with E-state index in [9.17, 15) is 0 Å². The Morgan fingerprint density at radius 2 is 2.24 bits per heavy atom. The highest BCUT2D eigenvalue weighted by Gasteiger charge is 2.31. The van der Waals surface area contributed by atoms with Crippen molar-refractivity contribution >= 4 is 46.0 Å². The normalized spacial score (nSPS) is 14.0. The van der Waals surface area contributed by atoms with Gasteiger partial charge in [-0.3, -0.25) is 0 Å². The van der Waals surface area contributed by atoms with Gasteiger partial charge in [-0.25, -0.2) is 0 Å². The van der Waals surface area contributed by atoms with E-state index >= 15 is 0 Å². The highest BCUT2D eigenvalue weighted by atomic mass is 35.5. The Bertz CT molecular complexity index is 636. The number of hydrogen-bond acceptors (Lipinski definition) is 2. The van der Waals surface area contributed by atoms with Crippen LogP contribution in [0.1, 0.15) is 23.3 Å². The van der Waals surface area contributed by atoms with Gasteiger partial charge in [0, 0.05) is 21.6 Å². The van der Waals surface area contributed by atoms with Crippen LogP contribution in [0.5, 0.6) is 0 Å². The first kappa shape index (κ1) is 14.8. The average molecular weight is 337 g/mol. The summed E-state index contributed by atoms with van der Waals surface area (Å²) in [6.45, 7) is 2.93. The summed E-state index contributed by atoms with van der Waals surface area (Å²) in [5.41, 5.74) is 2.14. The minimum absolute atomic E-state index is 0.583. The van der Waals surface area contributed by atoms with Gasteiger partial charge in [-0.2, -0.15) is 0 Å². The Balaban J connectivity index is 1.72. The highest BCUT2D eigenvalue weighted by Crippen LogP contribution is 2.30. The molecule has 0 radical (unpaired) electrons. The van der Waals surface area contributed by atoms with Gasteiger partial charge in [0.25, 0.3) is 0 Å². The maximum atomic E-state index is 6.00. The van der Waals surface area contributed by atoms with E-state index in [-0.39, 0.29) is 0 Å². The smallest absolute Gasteiger partial charge is 0.174 e. The van der Waals surface area contributed by atoms with Crippen molar-refractivity contribution in [2.75, 3.05) is 5.32 Å². The van der Waals surface area contributed by atoms with Crippen LogP contribution in [0.3, 0.4) is 0 Å². The van der Waals surface area contributed by atoms with Crippen LogP contribution >= 0.6 is 35.2 Å². The minimum atomic E-state index is 0.583. The summed E-state index contributed by atoms with van der Waals surface area (Å²) in [6.07, 6.45) is 2.46. The highest BCUT2D eigenvalue weighted by molar-refractivity contribution is 7.80. The van der Waals surface area contributed by atoms with Gasteiger partial charge in [-0.15, -0.1) is 11.3 Å². The fourth-order valence-electron chi connectivity index (χ4n) is 2.28. The van der Waals surface area contributed by atoms with Gasteiger partial charge < -0.3 is 10.2 Å². The second kappa shape index (κ2) is 6.34. The largest absolute Gasteiger partial charge is 0.341 e. The molecule has 0 atom stereocenters. The second-order valence-electron chi connectivity index (χ2n) is 5.33. The molecule has 5 heteroatoms. The number of nitrogens with one attached hydrogen (secondary N) is 1. The predicted molar refractivity (Wildman–Crippen MR) is 95.3 cm³/mol. The number of halogens is 1. The van der Waals surface area contributed by atoms with Crippen LogP contribution in [0, 0.1) is 6.92 Å². The Hall–Kier alpha value is -1.10. The van der Waals surface area contributed by atoms with Gasteiger partial charge >= 0.3 is 0 Å². The van der Waals surface area contributed by atoms with E-state index in [0.717, 1.165) is 27.9 Å². The summed E-state index contributed by atoms with van der Waals surface area (Å²) in [7, 11) is 0. The maximum Gasteiger partial charge on any atom is 0.174 e. The molecule has 21 heavy (non-hydrogen) atoms. The number of thiocarbonyl (C=S) groups is 1. The van der Waals surface area contributed by atoms with Crippen LogP contribution in [0.25, 0.3) is 0 Å². The quantitative estimate of drug-likeness (QED) is 0.784. The zero-order valence-corrected chi connectivity index (χ0v) is 14.2. The number of thiophene rings is 1. The minimum Gasteiger partial charge on any atom is -0.341 e. The lowest BCUT2D eigenvalue weighted by Crippen LogP contribution is -2.35. The van der Waals surface area contributed by atoms with Crippen LogP contribution in [0.2, 0.25) is 5.02 Å². The molecule has 2 aromatic rings. The fourth-order valence-corrected chi connectivity index (χ4v) is 3.53. The standard InChI is InChI=1S/C16H17ClN2S2/c1-11-9-12(17)4-7-15(11)18-16(20)19(13-5-6-13)10-14-3-2-8-21-14/h2-4,7-9,13H,5-6,10H2,1H3,(H,18,20). The zero-order chi connectivity index (χ0) is 14.8. The SMILES string of the molecule is Cc1cc(Cl)ccc1NC(=S)N(Cc1cccs1)C1CC1. The van der Waals surface area contributed by atoms with E-state index in [1.807, 2.05) is 25.1 Å². The zero-order valence-electron chi connectivity index (χ0n) is 11.8. The van der Waals surface area contributed by atoms with E-state index in [1.54, 1.807) is 11.3 Å². The Morgan fingerprint density at radius 1 is 1.43 bits per heavy atom. The molecule has 1 fully saturated rings. The van der Waals surface area contributed by atoms with E-state index < -0.39 is 0 Å². The molecule has 1 heterocycles. The molecular weight excluding hydrogens is 320 g/mol. The monoisotopic (exact) mass is 336 g/mol. The number of hydrogen-bond donors (Lipinski definition) is 1. The first-order chi connectivity index (χ1) is 10.1. The van der Waals surface area contributed by atoms with Gasteiger partial charge in [0.15, 0.2) is 5.11 Å². The molecule has 0 saturated heterocycles. The lowest BCUT2D eigenvalue weighted by Gasteiger charge is -2.26. The molecule has 1 aliphatic carbocycles. The van der Waals surface area contributed by atoms with E-state index in [0.29, 0.717) is 6.04 Å². The first-order valence-corrected chi connectivity index (χ1v) is 8.66. The molecule has 1 aliphatic rings. The second-order valence-corrected chi connectivity index (χ2v) is 7.18. The molecule has 3 rings (SSSR count). The number of rotatable bonds is 4. The summed E-state index contributed by atoms with van der Waals surface area (Å²) in [5.74, 6) is 0. The third kappa shape index (κ3) is 3.76. The first-order valence-electron chi connectivity index (χ1n) is 6.99. The van der Waals surface area contributed by atoms with Gasteiger partial charge in [-0.05, 0) is 67.2 Å². The van der Waals surface area contributed by atoms with E-state index in [4.69, 9.17) is 23.8 Å². The number of aryl methyl sites for hydroxylation is 1. The van der Waals surface area contributed by atoms with Crippen molar-refractivity contribution in [2.24, 2.45) is 0 Å². The molecule has 1 aromatic heterocycles. The molecule has 110 valence electrons. The van der Waals surface area contributed by atoms with E-state index in [2.05, 4.69) is 27.7 Å². The molecule has 2 nitrogen and oxygen atoms in total. The third-order valence-electron chi connectivity index (χ3n) is 3.58. The summed E-state index contributed by atoms with van der Waals surface area (Å²) in [5, 5.41) is 7.04. The molecule has 0 spiro atoms. The van der Waals surface area contributed by atoms with Gasteiger partial charge in [0.05, 0.1) is 6.54 Å². The molecule has 0 bridgehead atoms. The lowest BCUT2D eigenvalue weighted by molar-refractivity contribution is 0.413. The van der Waals surface area contributed by atoms with Gasteiger partial charge in [0.2, 0.25) is 0 Å². The van der Waals surface area contributed by atoms with Gasteiger partial charge in [0.1, 0.15) is 0 Å². The van der Waals surface area contributed by atoms with Crippen LogP contribution in [-0.2, 0) is 6.54 Å². The maximum absolute atomic E-state index is 6.00. The summed E-state index contributed by atoms with van der Waals surface area (Å²) in [6, 6.07) is 10.7. The van der Waals surface area contributed by atoms with Crippen molar-refractivity contribution in [3.8, 4) is 0 Å². The Kier molecular flexibility index (Phi) is 4.48. The third-order valence-corrected chi connectivity index (χ3v) is 5.02. The van der Waals surface area contributed by atoms with Crippen molar-refractivity contribution < 1.29 is 0 Å². The van der Waals surface area contributed by atoms with Crippen LogP contribution in [0.4, 0.5) is 5.69 Å². The molecule has 1 aromatic carbocycles. The van der Waals surface area contributed by atoms with Crippen LogP contribution in [-0.4, -0.2) is 16.1 Å². The number of anilines is 1. The molecule has 1 N–H and O–H groups in total. The van der Waals surface area contributed by atoms with Crippen molar-refractivity contribution in [3.05, 3.63) is 51.2 Å². The molecule has 0 amide bonds. The lowest BCUT2D eigenvalue weighted by atomic mass is 10.2. The van der Waals surface area contributed by atoms with Crippen molar-refractivity contribution in [2.45, 2.75) is 32.4 Å². The molecule has 0 unspecified atom stereocenters. The number of benzene rings is 1. The summed E-state index contributed by atoms with van der Waals surface area (Å²) >= 11 is 13.4. The molecule has 0 aliphatic heterocycles.